The fourth-order valence-corrected chi connectivity index (χ4v) is 2.14. The Kier molecular flexibility index (Phi) is 5.40. The van der Waals surface area contributed by atoms with Crippen LogP contribution in [0.25, 0.3) is 0 Å². The number of rotatable bonds is 4. The van der Waals surface area contributed by atoms with E-state index in [9.17, 15) is 9.59 Å². The smallest absolute Gasteiger partial charge is 0.328 e. The van der Waals surface area contributed by atoms with Gasteiger partial charge in [0.25, 0.3) is 0 Å². The summed E-state index contributed by atoms with van der Waals surface area (Å²) >= 11 is 0. The van der Waals surface area contributed by atoms with Gasteiger partial charge in [-0.15, -0.1) is 0 Å². The molecule has 0 aromatic carbocycles. The standard InChI is InChI=1S/C12H22N2O4/c1-8-4-5-9(2)14(6-8)12(17)13-10(7-18-3)11(15)16/h8-10H,4-7H2,1-3H3,(H,13,17)(H,15,16). The number of ether oxygens (including phenoxy) is 1. The van der Waals surface area contributed by atoms with Crippen molar-refractivity contribution in [2.24, 2.45) is 5.92 Å². The number of carboxylic acid groups (broad SMARTS) is 1. The maximum atomic E-state index is 12.0. The van der Waals surface area contributed by atoms with Crippen LogP contribution in [0.5, 0.6) is 0 Å². The van der Waals surface area contributed by atoms with Gasteiger partial charge in [0.15, 0.2) is 6.04 Å². The van der Waals surface area contributed by atoms with Gasteiger partial charge in [0.2, 0.25) is 0 Å². The topological polar surface area (TPSA) is 78.9 Å². The quantitative estimate of drug-likeness (QED) is 0.785. The summed E-state index contributed by atoms with van der Waals surface area (Å²) in [5, 5.41) is 11.5. The van der Waals surface area contributed by atoms with Gasteiger partial charge >= 0.3 is 12.0 Å². The lowest BCUT2D eigenvalue weighted by molar-refractivity contribution is -0.140. The average Bonchev–Trinajstić information content (AvgIpc) is 2.31. The van der Waals surface area contributed by atoms with E-state index in [1.54, 1.807) is 4.90 Å². The van der Waals surface area contributed by atoms with Crippen LogP contribution in [0.4, 0.5) is 4.79 Å². The first-order valence-corrected chi connectivity index (χ1v) is 6.24. The predicted molar refractivity (Wildman–Crippen MR) is 66.4 cm³/mol. The molecule has 0 radical (unpaired) electrons. The number of urea groups is 1. The van der Waals surface area contributed by atoms with Crippen LogP contribution in [-0.4, -0.2) is 54.4 Å². The zero-order valence-electron chi connectivity index (χ0n) is 11.2. The second kappa shape index (κ2) is 6.58. The molecule has 0 bridgehead atoms. The summed E-state index contributed by atoms with van der Waals surface area (Å²) in [4.78, 5) is 24.7. The van der Waals surface area contributed by atoms with Gasteiger partial charge in [0.1, 0.15) is 0 Å². The molecule has 1 rings (SSSR count). The third kappa shape index (κ3) is 3.87. The van der Waals surface area contributed by atoms with E-state index in [1.165, 1.54) is 7.11 Å². The molecule has 0 saturated carbocycles. The highest BCUT2D eigenvalue weighted by atomic mass is 16.5. The summed E-state index contributed by atoms with van der Waals surface area (Å²) in [5.41, 5.74) is 0. The zero-order valence-corrected chi connectivity index (χ0v) is 11.2. The van der Waals surface area contributed by atoms with E-state index in [1.807, 2.05) is 6.92 Å². The number of hydrogen-bond acceptors (Lipinski definition) is 3. The van der Waals surface area contributed by atoms with Crippen molar-refractivity contribution in [2.75, 3.05) is 20.3 Å². The summed E-state index contributed by atoms with van der Waals surface area (Å²) in [6, 6.07) is -1.16. The maximum Gasteiger partial charge on any atom is 0.328 e. The van der Waals surface area contributed by atoms with E-state index in [0.29, 0.717) is 12.5 Å². The van der Waals surface area contributed by atoms with Gasteiger partial charge in [-0.2, -0.15) is 0 Å². The van der Waals surface area contributed by atoms with Gasteiger partial charge in [-0.1, -0.05) is 6.92 Å². The van der Waals surface area contributed by atoms with Gasteiger partial charge in [0.05, 0.1) is 6.61 Å². The average molecular weight is 258 g/mol. The largest absolute Gasteiger partial charge is 0.480 e. The van der Waals surface area contributed by atoms with Crippen molar-refractivity contribution in [1.82, 2.24) is 10.2 Å². The monoisotopic (exact) mass is 258 g/mol. The molecule has 1 saturated heterocycles. The number of likely N-dealkylation sites (tertiary alicyclic amines) is 1. The molecule has 1 aliphatic heterocycles. The first-order valence-electron chi connectivity index (χ1n) is 6.24. The Morgan fingerprint density at radius 2 is 2.11 bits per heavy atom. The third-order valence-electron chi connectivity index (χ3n) is 3.31. The van der Waals surface area contributed by atoms with Crippen molar-refractivity contribution in [3.63, 3.8) is 0 Å². The van der Waals surface area contributed by atoms with Crippen molar-refractivity contribution in [3.05, 3.63) is 0 Å². The van der Waals surface area contributed by atoms with E-state index in [4.69, 9.17) is 9.84 Å². The van der Waals surface area contributed by atoms with Crippen molar-refractivity contribution < 1.29 is 19.4 Å². The van der Waals surface area contributed by atoms with Crippen molar-refractivity contribution in [1.29, 1.82) is 0 Å². The Hall–Kier alpha value is -1.30. The number of piperidine rings is 1. The molecule has 0 spiro atoms. The molecule has 2 amide bonds. The lowest BCUT2D eigenvalue weighted by atomic mass is 9.95. The minimum Gasteiger partial charge on any atom is -0.480 e. The van der Waals surface area contributed by atoms with E-state index in [2.05, 4.69) is 12.2 Å². The Bertz CT molecular complexity index is 308. The Morgan fingerprint density at radius 1 is 1.44 bits per heavy atom. The lowest BCUT2D eigenvalue weighted by Gasteiger charge is -2.37. The summed E-state index contributed by atoms with van der Waals surface area (Å²) in [5.74, 6) is -0.624. The second-order valence-electron chi connectivity index (χ2n) is 4.98. The highest BCUT2D eigenvalue weighted by Crippen LogP contribution is 2.21. The molecule has 3 atom stereocenters. The van der Waals surface area contributed by atoms with Crippen LogP contribution in [0.1, 0.15) is 26.7 Å². The number of carbonyl (C=O) groups is 2. The number of amides is 2. The van der Waals surface area contributed by atoms with Gasteiger partial charge < -0.3 is 20.1 Å². The molecule has 6 heteroatoms. The molecular formula is C12H22N2O4. The van der Waals surface area contributed by atoms with Crippen LogP contribution in [0.3, 0.4) is 0 Å². The fraction of sp³-hybridized carbons (Fsp3) is 0.833. The van der Waals surface area contributed by atoms with Crippen LogP contribution in [0, 0.1) is 5.92 Å². The number of aliphatic carboxylic acids is 1. The molecule has 0 aromatic rings. The minimum absolute atomic E-state index is 0.0289. The Morgan fingerprint density at radius 3 is 2.67 bits per heavy atom. The van der Waals surface area contributed by atoms with E-state index in [0.717, 1.165) is 12.8 Å². The summed E-state index contributed by atoms with van der Waals surface area (Å²) in [6.45, 7) is 4.72. The van der Waals surface area contributed by atoms with Gasteiger partial charge in [-0.05, 0) is 25.7 Å². The molecule has 104 valence electrons. The maximum absolute atomic E-state index is 12.0. The fourth-order valence-electron chi connectivity index (χ4n) is 2.14. The number of methoxy groups -OCH3 is 1. The Labute approximate surface area is 107 Å². The molecule has 0 aromatic heterocycles. The van der Waals surface area contributed by atoms with Crippen molar-refractivity contribution in [2.45, 2.75) is 38.8 Å². The predicted octanol–water partition coefficient (Wildman–Crippen LogP) is 0.916. The van der Waals surface area contributed by atoms with Gasteiger partial charge in [-0.25, -0.2) is 9.59 Å². The van der Waals surface area contributed by atoms with Crippen LogP contribution in [0.15, 0.2) is 0 Å². The molecule has 3 unspecified atom stereocenters. The molecular weight excluding hydrogens is 236 g/mol. The SMILES string of the molecule is COCC(NC(=O)N1CC(C)CCC1C)C(=O)O. The number of hydrogen-bond donors (Lipinski definition) is 2. The normalized spacial score (nSPS) is 25.6. The van der Waals surface area contributed by atoms with Gasteiger partial charge in [-0.3, -0.25) is 0 Å². The second-order valence-corrected chi connectivity index (χ2v) is 4.98. The van der Waals surface area contributed by atoms with Crippen molar-refractivity contribution >= 4 is 12.0 Å². The van der Waals surface area contributed by atoms with Crippen molar-refractivity contribution in [3.8, 4) is 0 Å². The first kappa shape index (κ1) is 14.8. The van der Waals surface area contributed by atoms with Crippen LogP contribution in [-0.2, 0) is 9.53 Å². The molecule has 18 heavy (non-hydrogen) atoms. The number of nitrogens with zero attached hydrogens (tertiary/aromatic N) is 1. The minimum atomic E-state index is -1.08. The number of carbonyl (C=O) groups excluding carboxylic acids is 1. The lowest BCUT2D eigenvalue weighted by Crippen LogP contribution is -2.54. The molecule has 1 heterocycles. The van der Waals surface area contributed by atoms with Crippen LogP contribution < -0.4 is 5.32 Å². The van der Waals surface area contributed by atoms with Crippen LogP contribution in [0.2, 0.25) is 0 Å². The Balaban J connectivity index is 2.59. The number of nitrogens with one attached hydrogen (secondary N) is 1. The van der Waals surface area contributed by atoms with E-state index >= 15 is 0 Å². The molecule has 1 fully saturated rings. The van der Waals surface area contributed by atoms with E-state index < -0.39 is 12.0 Å². The zero-order chi connectivity index (χ0) is 13.7. The van der Waals surface area contributed by atoms with E-state index in [-0.39, 0.29) is 18.7 Å². The highest BCUT2D eigenvalue weighted by Gasteiger charge is 2.29. The molecule has 6 nitrogen and oxygen atoms in total. The summed E-state index contributed by atoms with van der Waals surface area (Å²) in [7, 11) is 1.41. The van der Waals surface area contributed by atoms with Crippen LogP contribution >= 0.6 is 0 Å². The first-order chi connectivity index (χ1) is 8.45. The summed E-state index contributed by atoms with van der Waals surface area (Å²) < 4.78 is 4.79. The molecule has 2 N–H and O–H groups in total. The molecule has 0 aliphatic carbocycles. The summed E-state index contributed by atoms with van der Waals surface area (Å²) in [6.07, 6.45) is 2.06. The van der Waals surface area contributed by atoms with Gasteiger partial charge in [0, 0.05) is 19.7 Å². The third-order valence-corrected chi connectivity index (χ3v) is 3.31. The number of carboxylic acids is 1. The highest BCUT2D eigenvalue weighted by molar-refractivity contribution is 5.82. The molecule has 1 aliphatic rings.